The van der Waals surface area contributed by atoms with E-state index in [9.17, 15) is 4.79 Å². The summed E-state index contributed by atoms with van der Waals surface area (Å²) in [6.45, 7) is 3.68. The lowest BCUT2D eigenvalue weighted by Crippen LogP contribution is -2.49. The smallest absolute Gasteiger partial charge is 0.221 e. The van der Waals surface area contributed by atoms with Crippen molar-refractivity contribution < 1.29 is 4.79 Å². The summed E-state index contributed by atoms with van der Waals surface area (Å²) >= 11 is 0. The highest BCUT2D eigenvalue weighted by Crippen LogP contribution is 2.32. The van der Waals surface area contributed by atoms with Gasteiger partial charge in [0, 0.05) is 41.9 Å². The largest absolute Gasteiger partial charge is 0.361 e. The van der Waals surface area contributed by atoms with Crippen LogP contribution in [-0.4, -0.2) is 56.9 Å². The number of anilines is 1. The fourth-order valence-corrected chi connectivity index (χ4v) is 5.27. The number of hydrogen-bond acceptors (Lipinski definition) is 5. The van der Waals surface area contributed by atoms with E-state index in [1.807, 2.05) is 16.7 Å². The number of carbonyl (C=O) groups excluding carboxylic acids is 1. The van der Waals surface area contributed by atoms with Gasteiger partial charge in [0.25, 0.3) is 0 Å². The number of aromatic amines is 1. The van der Waals surface area contributed by atoms with Gasteiger partial charge in [0.15, 0.2) is 0 Å². The van der Waals surface area contributed by atoms with Crippen LogP contribution in [0, 0.1) is 0 Å². The Morgan fingerprint density at radius 3 is 2.69 bits per heavy atom. The normalized spacial score (nSPS) is 18.7. The van der Waals surface area contributed by atoms with Crippen LogP contribution in [0.3, 0.4) is 0 Å². The molecule has 1 amide bonds. The molecule has 5 rings (SSSR count). The molecule has 3 N–H and O–H groups in total. The molecule has 1 aliphatic heterocycles. The maximum absolute atomic E-state index is 11.3. The molecule has 0 aliphatic carbocycles. The third kappa shape index (κ3) is 5.28. The number of aryl methyl sites for hydroxylation is 1. The summed E-state index contributed by atoms with van der Waals surface area (Å²) in [5.41, 5.74) is 5.79. The number of fused-ring (bicyclic) bond motifs is 1. The Balaban J connectivity index is 1.18. The summed E-state index contributed by atoms with van der Waals surface area (Å²) in [5, 5.41) is 15.5. The quantitative estimate of drug-likeness (QED) is 0.360. The summed E-state index contributed by atoms with van der Waals surface area (Å²) in [7, 11) is 2.06. The van der Waals surface area contributed by atoms with Gasteiger partial charge < -0.3 is 15.6 Å². The van der Waals surface area contributed by atoms with Crippen LogP contribution in [0.1, 0.15) is 43.2 Å². The van der Waals surface area contributed by atoms with Crippen LogP contribution in [-0.2, 0) is 11.2 Å². The summed E-state index contributed by atoms with van der Waals surface area (Å²) < 4.78 is 1.94. The van der Waals surface area contributed by atoms with Gasteiger partial charge in [-0.05, 0) is 86.7 Å². The van der Waals surface area contributed by atoms with Gasteiger partial charge in [-0.2, -0.15) is 0 Å². The molecule has 4 aromatic rings. The van der Waals surface area contributed by atoms with E-state index in [-0.39, 0.29) is 5.91 Å². The summed E-state index contributed by atoms with van der Waals surface area (Å²) in [4.78, 5) is 17.3. The van der Waals surface area contributed by atoms with E-state index in [1.54, 1.807) is 12.7 Å². The second-order valence-electron chi connectivity index (χ2n) is 9.38. The first-order valence-electron chi connectivity index (χ1n) is 12.3. The number of nitrogens with zero attached hydrogens (tertiary/aromatic N) is 4. The van der Waals surface area contributed by atoms with Gasteiger partial charge >= 0.3 is 0 Å². The molecule has 2 unspecified atom stereocenters. The molecule has 2 aromatic carbocycles. The average Bonchev–Trinajstić information content (AvgIpc) is 3.55. The second-order valence-corrected chi connectivity index (χ2v) is 9.38. The maximum Gasteiger partial charge on any atom is 0.221 e. The number of amides is 1. The zero-order valence-electron chi connectivity index (χ0n) is 20.4. The molecule has 8 heteroatoms. The minimum atomic E-state index is -0.0371. The third-order valence-electron chi connectivity index (χ3n) is 7.11. The van der Waals surface area contributed by atoms with Crippen LogP contribution in [0.15, 0.2) is 61.3 Å². The fraction of sp³-hybridized carbons (Fsp3) is 0.370. The van der Waals surface area contributed by atoms with E-state index in [0.29, 0.717) is 12.1 Å². The molecule has 35 heavy (non-hydrogen) atoms. The third-order valence-corrected chi connectivity index (χ3v) is 7.11. The minimum Gasteiger partial charge on any atom is -0.361 e. The van der Waals surface area contributed by atoms with E-state index in [1.165, 1.54) is 23.4 Å². The SMILES string of the molecule is CNC1CC(c2ccc(NC(C)=O)cc2)CCN1CCCc1c[nH]c2ccc(-n3cnnc3)cc12. The number of carbonyl (C=O) groups is 1. The fourth-order valence-electron chi connectivity index (χ4n) is 5.27. The van der Waals surface area contributed by atoms with Crippen molar-refractivity contribution in [3.8, 4) is 5.69 Å². The van der Waals surface area contributed by atoms with Gasteiger partial charge in [-0.3, -0.25) is 14.3 Å². The highest BCUT2D eigenvalue weighted by Gasteiger charge is 2.28. The van der Waals surface area contributed by atoms with Gasteiger partial charge in [0.2, 0.25) is 5.91 Å². The van der Waals surface area contributed by atoms with Crippen molar-refractivity contribution in [3.05, 3.63) is 72.4 Å². The summed E-state index contributed by atoms with van der Waals surface area (Å²) in [5.74, 6) is 0.490. The zero-order valence-corrected chi connectivity index (χ0v) is 20.4. The first-order chi connectivity index (χ1) is 17.1. The number of aromatic nitrogens is 4. The minimum absolute atomic E-state index is 0.0371. The molecule has 2 aromatic heterocycles. The first kappa shape index (κ1) is 23.3. The van der Waals surface area contributed by atoms with Gasteiger partial charge in [-0.1, -0.05) is 12.1 Å². The topological polar surface area (TPSA) is 90.9 Å². The van der Waals surface area contributed by atoms with E-state index in [2.05, 4.69) is 74.3 Å². The van der Waals surface area contributed by atoms with E-state index < -0.39 is 0 Å². The summed E-state index contributed by atoms with van der Waals surface area (Å²) in [6.07, 6.45) is 10.3. The van der Waals surface area contributed by atoms with E-state index >= 15 is 0 Å². The molecule has 2 atom stereocenters. The Kier molecular flexibility index (Phi) is 6.92. The van der Waals surface area contributed by atoms with Crippen molar-refractivity contribution in [2.45, 2.75) is 44.7 Å². The van der Waals surface area contributed by atoms with Crippen molar-refractivity contribution in [3.63, 3.8) is 0 Å². The first-order valence-corrected chi connectivity index (χ1v) is 12.3. The van der Waals surface area contributed by atoms with Crippen molar-refractivity contribution in [1.29, 1.82) is 0 Å². The second kappa shape index (κ2) is 10.4. The average molecular weight is 472 g/mol. The number of piperidine rings is 1. The molecule has 8 nitrogen and oxygen atoms in total. The molecule has 0 radical (unpaired) electrons. The highest BCUT2D eigenvalue weighted by molar-refractivity contribution is 5.88. The number of hydrogen-bond donors (Lipinski definition) is 3. The molecular weight excluding hydrogens is 438 g/mol. The number of nitrogens with one attached hydrogen (secondary N) is 3. The molecule has 182 valence electrons. The lowest BCUT2D eigenvalue weighted by atomic mass is 9.87. The Labute approximate surface area is 205 Å². The highest BCUT2D eigenvalue weighted by atomic mass is 16.1. The maximum atomic E-state index is 11.3. The standard InChI is InChI=1S/C27H33N7O/c1-19(35)32-23-7-5-20(6-8-23)21-11-13-33(27(14-21)28-2)12-3-4-22-16-29-26-10-9-24(15-25(22)26)34-17-30-31-18-34/h5-10,15-18,21,27-29H,3-4,11-14H2,1-2H3,(H,32,35). The van der Waals surface area contributed by atoms with Gasteiger partial charge in [-0.25, -0.2) is 0 Å². The predicted molar refractivity (Wildman–Crippen MR) is 139 cm³/mol. The number of H-pyrrole nitrogens is 1. The number of likely N-dealkylation sites (tertiary alicyclic amines) is 1. The van der Waals surface area contributed by atoms with Gasteiger partial charge in [0.1, 0.15) is 12.7 Å². The van der Waals surface area contributed by atoms with Crippen LogP contribution >= 0.6 is 0 Å². The van der Waals surface area contributed by atoms with Crippen molar-refractivity contribution in [1.82, 2.24) is 30.0 Å². The Bertz CT molecular complexity index is 1260. The van der Waals surface area contributed by atoms with Crippen LogP contribution in [0.25, 0.3) is 16.6 Å². The van der Waals surface area contributed by atoms with Gasteiger partial charge in [0.05, 0.1) is 6.17 Å². The van der Waals surface area contributed by atoms with E-state index in [0.717, 1.165) is 55.7 Å². The molecule has 0 spiro atoms. The monoisotopic (exact) mass is 471 g/mol. The van der Waals surface area contributed by atoms with Crippen LogP contribution in [0.5, 0.6) is 0 Å². The molecular formula is C27H33N7O. The Morgan fingerprint density at radius 1 is 1.14 bits per heavy atom. The zero-order chi connectivity index (χ0) is 24.2. The molecule has 1 aliphatic rings. The van der Waals surface area contributed by atoms with Gasteiger partial charge in [-0.15, -0.1) is 10.2 Å². The Hall–Kier alpha value is -3.49. The number of rotatable bonds is 8. The van der Waals surface area contributed by atoms with Crippen LogP contribution < -0.4 is 10.6 Å². The van der Waals surface area contributed by atoms with Crippen molar-refractivity contribution in [2.24, 2.45) is 0 Å². The molecule has 0 bridgehead atoms. The molecule has 0 saturated carbocycles. The van der Waals surface area contributed by atoms with Crippen molar-refractivity contribution >= 4 is 22.5 Å². The summed E-state index contributed by atoms with van der Waals surface area (Å²) in [6, 6.07) is 14.7. The lowest BCUT2D eigenvalue weighted by Gasteiger charge is -2.39. The lowest BCUT2D eigenvalue weighted by molar-refractivity contribution is -0.114. The molecule has 1 fully saturated rings. The van der Waals surface area contributed by atoms with Crippen molar-refractivity contribution in [2.75, 3.05) is 25.5 Å². The van der Waals surface area contributed by atoms with Crippen LogP contribution in [0.2, 0.25) is 0 Å². The molecule has 3 heterocycles. The molecule has 1 saturated heterocycles. The van der Waals surface area contributed by atoms with E-state index in [4.69, 9.17) is 0 Å². The number of benzene rings is 2. The van der Waals surface area contributed by atoms with Crippen LogP contribution in [0.4, 0.5) is 5.69 Å². The Morgan fingerprint density at radius 2 is 1.94 bits per heavy atom. The predicted octanol–water partition coefficient (Wildman–Crippen LogP) is 4.06.